The average Bonchev–Trinajstić information content (AvgIpc) is 3.05. The monoisotopic (exact) mass is 530 g/mol. The fourth-order valence-corrected chi connectivity index (χ4v) is 8.25. The number of hydrogen-bond acceptors (Lipinski definition) is 6. The molecule has 8 heteroatoms. The van der Waals surface area contributed by atoms with E-state index in [0.717, 1.165) is 0 Å². The Hall–Kier alpha value is -2.29. The van der Waals surface area contributed by atoms with Crippen LogP contribution in [0.1, 0.15) is 52.0 Å². The number of halogens is 2. The summed E-state index contributed by atoms with van der Waals surface area (Å²) in [5.41, 5.74) is -4.99. The average molecular weight is 531 g/mol. The van der Waals surface area contributed by atoms with Crippen molar-refractivity contribution in [3.63, 3.8) is 0 Å². The van der Waals surface area contributed by atoms with E-state index < -0.39 is 58.2 Å². The van der Waals surface area contributed by atoms with Crippen molar-refractivity contribution in [3.8, 4) is 0 Å². The molecule has 5 rings (SSSR count). The summed E-state index contributed by atoms with van der Waals surface area (Å²) in [6.45, 7) is 4.80. The SMILES string of the molecule is C[C@@H]1C[C@H]2[C@@H]3CCC4=CC(=O)C=C[C@]4(C)[C@@]3(F)[C@@H](O)C[C@]2(C)[C@@]1(O)C(=O)COC(=S)c1ccc(F)cc1. The lowest BCUT2D eigenvalue weighted by molar-refractivity contribution is -0.219. The Morgan fingerprint density at radius 3 is 2.57 bits per heavy atom. The van der Waals surface area contributed by atoms with Gasteiger partial charge in [-0.2, -0.15) is 0 Å². The molecule has 0 radical (unpaired) electrons. The van der Waals surface area contributed by atoms with Gasteiger partial charge in [-0.15, -0.1) is 0 Å². The molecule has 1 aromatic carbocycles. The Balaban J connectivity index is 1.43. The zero-order valence-corrected chi connectivity index (χ0v) is 22.0. The Morgan fingerprint density at radius 1 is 1.22 bits per heavy atom. The van der Waals surface area contributed by atoms with Gasteiger partial charge in [0.2, 0.25) is 5.78 Å². The molecule has 0 aromatic heterocycles. The molecule has 0 bridgehead atoms. The molecule has 0 unspecified atom stereocenters. The zero-order valence-electron chi connectivity index (χ0n) is 21.2. The highest BCUT2D eigenvalue weighted by Crippen LogP contribution is 2.70. The number of Topliss-reactive ketones (excluding diaryl/α,β-unsaturated/α-hetero) is 1. The van der Waals surface area contributed by atoms with E-state index in [1.165, 1.54) is 36.4 Å². The van der Waals surface area contributed by atoms with Crippen LogP contribution in [-0.2, 0) is 14.3 Å². The standard InChI is InChI=1S/C29H32F2O5S/c1-16-12-22-21-9-6-18-13-20(32)10-11-26(18,2)28(21,31)23(33)14-27(22,3)29(16,35)24(34)15-36-25(37)17-4-7-19(30)8-5-17/h4-5,7-8,10-11,13,16,21-23,33,35H,6,9,12,14-15H2,1-3H3/t16-,21+,22+,23+,26+,27+,28+,29+/m1/s1. The summed E-state index contributed by atoms with van der Waals surface area (Å²) in [4.78, 5) is 25.6. The largest absolute Gasteiger partial charge is 0.475 e. The van der Waals surface area contributed by atoms with E-state index in [4.69, 9.17) is 17.0 Å². The number of alkyl halides is 1. The number of aliphatic hydroxyl groups is 2. The maximum Gasteiger partial charge on any atom is 0.202 e. The van der Waals surface area contributed by atoms with Crippen molar-refractivity contribution >= 4 is 28.8 Å². The van der Waals surface area contributed by atoms with E-state index in [1.54, 1.807) is 26.8 Å². The number of thiocarbonyl (C=S) groups is 1. The van der Waals surface area contributed by atoms with E-state index in [-0.39, 0.29) is 23.2 Å². The molecule has 3 saturated carbocycles. The Bertz CT molecular complexity index is 1230. The summed E-state index contributed by atoms with van der Waals surface area (Å²) >= 11 is 5.25. The second-order valence-electron chi connectivity index (χ2n) is 11.7. The molecule has 37 heavy (non-hydrogen) atoms. The van der Waals surface area contributed by atoms with Crippen LogP contribution in [0.4, 0.5) is 8.78 Å². The van der Waals surface area contributed by atoms with Gasteiger partial charge in [0.1, 0.15) is 11.4 Å². The zero-order chi connectivity index (χ0) is 27.0. The van der Waals surface area contributed by atoms with Crippen molar-refractivity contribution in [1.82, 2.24) is 0 Å². The topological polar surface area (TPSA) is 83.8 Å². The third-order valence-corrected chi connectivity index (χ3v) is 10.4. The van der Waals surface area contributed by atoms with E-state index in [1.807, 2.05) is 0 Å². The third-order valence-electron chi connectivity index (χ3n) is 10.1. The Morgan fingerprint density at radius 2 is 1.89 bits per heavy atom. The van der Waals surface area contributed by atoms with Crippen LogP contribution in [0.25, 0.3) is 0 Å². The molecule has 198 valence electrons. The van der Waals surface area contributed by atoms with E-state index in [9.17, 15) is 24.2 Å². The molecule has 4 aliphatic carbocycles. The molecule has 0 amide bonds. The van der Waals surface area contributed by atoms with Gasteiger partial charge >= 0.3 is 0 Å². The molecule has 0 aliphatic heterocycles. The Labute approximate surface area is 220 Å². The second kappa shape index (κ2) is 8.61. The highest BCUT2D eigenvalue weighted by atomic mass is 32.1. The lowest BCUT2D eigenvalue weighted by Gasteiger charge is -2.62. The summed E-state index contributed by atoms with van der Waals surface area (Å²) in [7, 11) is 0. The molecule has 4 aliphatic rings. The second-order valence-corrected chi connectivity index (χ2v) is 12.0. The normalized spacial score (nSPS) is 42.4. The summed E-state index contributed by atoms with van der Waals surface area (Å²) in [5.74, 6) is -2.65. The van der Waals surface area contributed by atoms with Crippen LogP contribution in [0.2, 0.25) is 0 Å². The summed E-state index contributed by atoms with van der Waals surface area (Å²) < 4.78 is 36.0. The minimum atomic E-state index is -2.03. The highest BCUT2D eigenvalue weighted by Gasteiger charge is 2.75. The van der Waals surface area contributed by atoms with Gasteiger partial charge in [0, 0.05) is 22.3 Å². The van der Waals surface area contributed by atoms with Crippen LogP contribution in [0.5, 0.6) is 0 Å². The molecule has 5 nitrogen and oxygen atoms in total. The number of ketones is 2. The minimum absolute atomic E-state index is 0.00825. The first-order valence-corrected chi connectivity index (χ1v) is 13.2. The van der Waals surface area contributed by atoms with Gasteiger partial charge < -0.3 is 14.9 Å². The molecule has 2 N–H and O–H groups in total. The van der Waals surface area contributed by atoms with Crippen LogP contribution in [0.3, 0.4) is 0 Å². The smallest absolute Gasteiger partial charge is 0.202 e. The molecule has 8 atom stereocenters. The number of rotatable bonds is 4. The Kier molecular flexibility index (Phi) is 6.13. The number of allylic oxidation sites excluding steroid dienone is 4. The number of hydrogen-bond donors (Lipinski definition) is 2. The van der Waals surface area contributed by atoms with Gasteiger partial charge in [-0.05, 0) is 93.1 Å². The molecule has 0 heterocycles. The van der Waals surface area contributed by atoms with Gasteiger partial charge in [0.15, 0.2) is 23.1 Å². The highest BCUT2D eigenvalue weighted by molar-refractivity contribution is 7.80. The summed E-state index contributed by atoms with van der Waals surface area (Å²) in [6, 6.07) is 5.37. The van der Waals surface area contributed by atoms with Crippen molar-refractivity contribution in [2.45, 2.75) is 63.8 Å². The van der Waals surface area contributed by atoms with Crippen LogP contribution >= 0.6 is 12.2 Å². The van der Waals surface area contributed by atoms with Crippen molar-refractivity contribution in [3.05, 3.63) is 59.4 Å². The van der Waals surface area contributed by atoms with Gasteiger partial charge in [-0.25, -0.2) is 8.78 Å². The van der Waals surface area contributed by atoms with Crippen molar-refractivity contribution < 1.29 is 33.3 Å². The van der Waals surface area contributed by atoms with Gasteiger partial charge in [-0.3, -0.25) is 9.59 Å². The molecular formula is C29H32F2O5S. The van der Waals surface area contributed by atoms with Gasteiger partial charge in [0.25, 0.3) is 0 Å². The number of ether oxygens (including phenoxy) is 1. The first kappa shape index (κ1) is 26.3. The number of fused-ring (bicyclic) bond motifs is 5. The molecule has 1 aromatic rings. The van der Waals surface area contributed by atoms with Crippen LogP contribution < -0.4 is 0 Å². The third kappa shape index (κ3) is 3.48. The number of benzene rings is 1. The van der Waals surface area contributed by atoms with Gasteiger partial charge in [0.05, 0.1) is 6.10 Å². The molecule has 3 fully saturated rings. The summed E-state index contributed by atoms with van der Waals surface area (Å²) in [5, 5.41) is 23.4. The lowest BCUT2D eigenvalue weighted by atomic mass is 9.44. The van der Waals surface area contributed by atoms with E-state index >= 15 is 4.39 Å². The number of carbonyl (C=O) groups excluding carboxylic acids is 2. The predicted molar refractivity (Wildman–Crippen MR) is 137 cm³/mol. The minimum Gasteiger partial charge on any atom is -0.475 e. The maximum absolute atomic E-state index is 17.2. The van der Waals surface area contributed by atoms with Crippen molar-refractivity contribution in [1.29, 1.82) is 0 Å². The fraction of sp³-hybridized carbons (Fsp3) is 0.552. The first-order valence-electron chi connectivity index (χ1n) is 12.8. The summed E-state index contributed by atoms with van der Waals surface area (Å²) in [6.07, 6.45) is 4.23. The molecule has 0 saturated heterocycles. The first-order chi connectivity index (χ1) is 17.3. The number of carbonyl (C=O) groups is 2. The fourth-order valence-electron chi connectivity index (χ4n) is 8.05. The van der Waals surface area contributed by atoms with Crippen molar-refractivity contribution in [2.75, 3.05) is 6.61 Å². The van der Waals surface area contributed by atoms with Gasteiger partial charge in [-0.1, -0.05) is 25.5 Å². The van der Waals surface area contributed by atoms with E-state index in [0.29, 0.717) is 30.4 Å². The lowest BCUT2D eigenvalue weighted by Crippen LogP contribution is -2.69. The number of aliphatic hydroxyl groups excluding tert-OH is 1. The van der Waals surface area contributed by atoms with Crippen LogP contribution in [-0.4, -0.2) is 50.8 Å². The maximum atomic E-state index is 17.2. The molecule has 0 spiro atoms. The van der Waals surface area contributed by atoms with Crippen LogP contribution in [0, 0.1) is 34.4 Å². The van der Waals surface area contributed by atoms with E-state index in [2.05, 4.69) is 0 Å². The quantitative estimate of drug-likeness (QED) is 0.561. The van der Waals surface area contributed by atoms with Crippen LogP contribution in [0.15, 0.2) is 48.1 Å². The molecular weight excluding hydrogens is 498 g/mol. The predicted octanol–water partition coefficient (Wildman–Crippen LogP) is 4.43. The van der Waals surface area contributed by atoms with Crippen molar-refractivity contribution in [2.24, 2.45) is 28.6 Å².